The maximum absolute atomic E-state index is 11.4. The SMILES string of the molecule is NCCC(=O)Nc1ccc(N2CCOCC2)cc1. The van der Waals surface area contributed by atoms with Crippen molar-refractivity contribution in [3.05, 3.63) is 24.3 Å². The van der Waals surface area contributed by atoms with Crippen LogP contribution < -0.4 is 16.0 Å². The smallest absolute Gasteiger partial charge is 0.225 e. The first-order chi connectivity index (χ1) is 8.79. The summed E-state index contributed by atoms with van der Waals surface area (Å²) in [5.74, 6) is -0.0448. The topological polar surface area (TPSA) is 67.6 Å². The van der Waals surface area contributed by atoms with Crippen molar-refractivity contribution >= 4 is 17.3 Å². The van der Waals surface area contributed by atoms with Crippen molar-refractivity contribution in [2.24, 2.45) is 5.73 Å². The van der Waals surface area contributed by atoms with Crippen LogP contribution in [0.3, 0.4) is 0 Å². The second kappa shape index (κ2) is 6.37. The van der Waals surface area contributed by atoms with Gasteiger partial charge in [-0.1, -0.05) is 0 Å². The zero-order valence-electron chi connectivity index (χ0n) is 10.4. The first-order valence-corrected chi connectivity index (χ1v) is 6.22. The molecule has 0 bridgehead atoms. The summed E-state index contributed by atoms with van der Waals surface area (Å²) in [5, 5.41) is 2.81. The Morgan fingerprint density at radius 2 is 1.94 bits per heavy atom. The summed E-state index contributed by atoms with van der Waals surface area (Å²) in [5.41, 5.74) is 7.30. The quantitative estimate of drug-likeness (QED) is 0.828. The van der Waals surface area contributed by atoms with Crippen molar-refractivity contribution in [3.8, 4) is 0 Å². The molecule has 1 aliphatic heterocycles. The number of morpholine rings is 1. The van der Waals surface area contributed by atoms with Crippen molar-refractivity contribution in [2.75, 3.05) is 43.1 Å². The van der Waals surface area contributed by atoms with Crippen LogP contribution in [0.5, 0.6) is 0 Å². The van der Waals surface area contributed by atoms with Crippen LogP contribution >= 0.6 is 0 Å². The Morgan fingerprint density at radius 1 is 1.28 bits per heavy atom. The number of anilines is 2. The van der Waals surface area contributed by atoms with E-state index in [4.69, 9.17) is 10.5 Å². The van der Waals surface area contributed by atoms with Gasteiger partial charge in [0, 0.05) is 37.4 Å². The molecular weight excluding hydrogens is 230 g/mol. The van der Waals surface area contributed by atoms with Gasteiger partial charge in [0.05, 0.1) is 13.2 Å². The Bertz CT molecular complexity index is 386. The van der Waals surface area contributed by atoms with Crippen molar-refractivity contribution in [1.29, 1.82) is 0 Å². The number of hydrogen-bond donors (Lipinski definition) is 2. The highest BCUT2D eigenvalue weighted by molar-refractivity contribution is 5.90. The minimum atomic E-state index is -0.0448. The molecule has 0 aliphatic carbocycles. The highest BCUT2D eigenvalue weighted by Crippen LogP contribution is 2.18. The Morgan fingerprint density at radius 3 is 2.56 bits per heavy atom. The van der Waals surface area contributed by atoms with Gasteiger partial charge < -0.3 is 20.7 Å². The van der Waals surface area contributed by atoms with E-state index in [-0.39, 0.29) is 5.91 Å². The molecule has 2 rings (SSSR count). The van der Waals surface area contributed by atoms with E-state index in [0.717, 1.165) is 37.7 Å². The molecular formula is C13H19N3O2. The summed E-state index contributed by atoms with van der Waals surface area (Å²) in [6.45, 7) is 3.75. The van der Waals surface area contributed by atoms with Gasteiger partial charge in [-0.3, -0.25) is 4.79 Å². The van der Waals surface area contributed by atoms with Crippen LogP contribution in [-0.4, -0.2) is 38.8 Å². The normalized spacial score (nSPS) is 15.5. The Balaban J connectivity index is 1.94. The van der Waals surface area contributed by atoms with Gasteiger partial charge in [-0.25, -0.2) is 0 Å². The van der Waals surface area contributed by atoms with Crippen LogP contribution in [0.15, 0.2) is 24.3 Å². The molecule has 1 fully saturated rings. The molecule has 1 aromatic rings. The largest absolute Gasteiger partial charge is 0.378 e. The average molecular weight is 249 g/mol. The Kier molecular flexibility index (Phi) is 4.55. The van der Waals surface area contributed by atoms with E-state index < -0.39 is 0 Å². The van der Waals surface area contributed by atoms with E-state index in [1.165, 1.54) is 0 Å². The van der Waals surface area contributed by atoms with Crippen molar-refractivity contribution in [1.82, 2.24) is 0 Å². The standard InChI is InChI=1S/C13H19N3O2/c14-6-5-13(17)15-11-1-3-12(4-2-11)16-7-9-18-10-8-16/h1-4H,5-10,14H2,(H,15,17). The first kappa shape index (κ1) is 12.9. The zero-order chi connectivity index (χ0) is 12.8. The summed E-state index contributed by atoms with van der Waals surface area (Å²) in [4.78, 5) is 13.7. The molecule has 0 unspecified atom stereocenters. The van der Waals surface area contributed by atoms with Crippen LogP contribution in [0.1, 0.15) is 6.42 Å². The number of carbonyl (C=O) groups excluding carboxylic acids is 1. The lowest BCUT2D eigenvalue weighted by atomic mass is 10.2. The Hall–Kier alpha value is -1.59. The molecule has 5 heteroatoms. The van der Waals surface area contributed by atoms with Gasteiger partial charge >= 0.3 is 0 Å². The molecule has 0 radical (unpaired) electrons. The van der Waals surface area contributed by atoms with Gasteiger partial charge in [0.15, 0.2) is 0 Å². The number of carbonyl (C=O) groups is 1. The molecule has 1 amide bonds. The number of benzene rings is 1. The van der Waals surface area contributed by atoms with Crippen molar-refractivity contribution in [3.63, 3.8) is 0 Å². The highest BCUT2D eigenvalue weighted by Gasteiger charge is 2.10. The zero-order valence-corrected chi connectivity index (χ0v) is 10.4. The number of amides is 1. The van der Waals surface area contributed by atoms with Gasteiger partial charge in [0.25, 0.3) is 0 Å². The van der Waals surface area contributed by atoms with Gasteiger partial charge in [0.2, 0.25) is 5.91 Å². The lowest BCUT2D eigenvalue weighted by molar-refractivity contribution is -0.116. The van der Waals surface area contributed by atoms with E-state index in [9.17, 15) is 4.79 Å². The first-order valence-electron chi connectivity index (χ1n) is 6.22. The maximum atomic E-state index is 11.4. The van der Waals surface area contributed by atoms with E-state index in [2.05, 4.69) is 10.2 Å². The third-order valence-electron chi connectivity index (χ3n) is 2.90. The summed E-state index contributed by atoms with van der Waals surface area (Å²) in [7, 11) is 0. The second-order valence-corrected chi connectivity index (χ2v) is 4.23. The van der Waals surface area contributed by atoms with E-state index >= 15 is 0 Å². The van der Waals surface area contributed by atoms with Gasteiger partial charge in [-0.15, -0.1) is 0 Å². The van der Waals surface area contributed by atoms with E-state index in [0.29, 0.717) is 13.0 Å². The molecule has 18 heavy (non-hydrogen) atoms. The fraction of sp³-hybridized carbons (Fsp3) is 0.462. The average Bonchev–Trinajstić information content (AvgIpc) is 2.41. The minimum absolute atomic E-state index is 0.0448. The fourth-order valence-corrected chi connectivity index (χ4v) is 1.93. The molecule has 0 spiro atoms. The van der Waals surface area contributed by atoms with Crippen LogP contribution in [0.4, 0.5) is 11.4 Å². The van der Waals surface area contributed by atoms with Gasteiger partial charge in [-0.05, 0) is 24.3 Å². The summed E-state index contributed by atoms with van der Waals surface area (Å²) >= 11 is 0. The summed E-state index contributed by atoms with van der Waals surface area (Å²) < 4.78 is 5.31. The molecule has 0 atom stereocenters. The highest BCUT2D eigenvalue weighted by atomic mass is 16.5. The molecule has 1 aromatic carbocycles. The number of nitrogens with zero attached hydrogens (tertiary/aromatic N) is 1. The number of ether oxygens (including phenoxy) is 1. The van der Waals surface area contributed by atoms with Gasteiger partial charge in [0.1, 0.15) is 0 Å². The van der Waals surface area contributed by atoms with E-state index in [1.807, 2.05) is 24.3 Å². The number of nitrogens with two attached hydrogens (primary N) is 1. The van der Waals surface area contributed by atoms with Crippen LogP contribution in [-0.2, 0) is 9.53 Å². The minimum Gasteiger partial charge on any atom is -0.378 e. The molecule has 5 nitrogen and oxygen atoms in total. The monoisotopic (exact) mass is 249 g/mol. The van der Waals surface area contributed by atoms with E-state index in [1.54, 1.807) is 0 Å². The number of nitrogens with one attached hydrogen (secondary N) is 1. The lowest BCUT2D eigenvalue weighted by Crippen LogP contribution is -2.36. The molecule has 0 saturated carbocycles. The maximum Gasteiger partial charge on any atom is 0.225 e. The molecule has 3 N–H and O–H groups in total. The molecule has 1 aliphatic rings. The predicted molar refractivity (Wildman–Crippen MR) is 71.8 cm³/mol. The van der Waals surface area contributed by atoms with Crippen LogP contribution in [0.2, 0.25) is 0 Å². The summed E-state index contributed by atoms with van der Waals surface area (Å²) in [6, 6.07) is 7.87. The lowest BCUT2D eigenvalue weighted by Gasteiger charge is -2.28. The molecule has 0 aromatic heterocycles. The van der Waals surface area contributed by atoms with Crippen LogP contribution in [0.25, 0.3) is 0 Å². The Labute approximate surface area is 107 Å². The van der Waals surface area contributed by atoms with Crippen molar-refractivity contribution in [2.45, 2.75) is 6.42 Å². The third kappa shape index (κ3) is 3.45. The molecule has 1 heterocycles. The van der Waals surface area contributed by atoms with Crippen LogP contribution in [0, 0.1) is 0 Å². The number of hydrogen-bond acceptors (Lipinski definition) is 4. The molecule has 98 valence electrons. The summed E-state index contributed by atoms with van der Waals surface area (Å²) in [6.07, 6.45) is 0.352. The van der Waals surface area contributed by atoms with Crippen molar-refractivity contribution < 1.29 is 9.53 Å². The van der Waals surface area contributed by atoms with Gasteiger partial charge in [-0.2, -0.15) is 0 Å². The second-order valence-electron chi connectivity index (χ2n) is 4.23. The number of rotatable bonds is 4. The molecule has 1 saturated heterocycles. The third-order valence-corrected chi connectivity index (χ3v) is 2.90. The predicted octanol–water partition coefficient (Wildman–Crippen LogP) is 0.810. The fourth-order valence-electron chi connectivity index (χ4n) is 1.93.